The van der Waals surface area contributed by atoms with Gasteiger partial charge in [0.25, 0.3) is 11.8 Å². The maximum atomic E-state index is 13.0. The minimum Gasteiger partial charge on any atom is -0.354 e. The van der Waals surface area contributed by atoms with Gasteiger partial charge >= 0.3 is 0 Å². The molecule has 0 aromatic heterocycles. The fraction of sp³-hybridized carbons (Fsp3) is 0.364. The molecule has 146 valence electrons. The third-order valence-corrected chi connectivity index (χ3v) is 5.92. The van der Waals surface area contributed by atoms with Crippen LogP contribution in [0.4, 0.5) is 5.69 Å². The molecule has 0 saturated carbocycles. The molecule has 2 aliphatic heterocycles. The fourth-order valence-corrected chi connectivity index (χ4v) is 4.20. The van der Waals surface area contributed by atoms with Crippen molar-refractivity contribution in [2.45, 2.75) is 38.4 Å². The summed E-state index contributed by atoms with van der Waals surface area (Å²) >= 11 is 5.90. The van der Waals surface area contributed by atoms with Crippen molar-refractivity contribution in [3.8, 4) is 0 Å². The molecule has 0 aliphatic carbocycles. The van der Waals surface area contributed by atoms with Crippen LogP contribution in [0, 0.1) is 0 Å². The highest BCUT2D eigenvalue weighted by Gasteiger charge is 2.36. The van der Waals surface area contributed by atoms with Gasteiger partial charge in [0, 0.05) is 30.7 Å². The van der Waals surface area contributed by atoms with E-state index >= 15 is 0 Å². The summed E-state index contributed by atoms with van der Waals surface area (Å²) in [5.74, 6) is -0.0741. The number of carbonyl (C=O) groups excluding carboxylic acids is 2. The van der Waals surface area contributed by atoms with Crippen LogP contribution in [0.3, 0.4) is 0 Å². The minimum atomic E-state index is -0.151. The van der Waals surface area contributed by atoms with Gasteiger partial charge in [-0.15, -0.1) is 0 Å². The highest BCUT2D eigenvalue weighted by molar-refractivity contribution is 6.30. The lowest BCUT2D eigenvalue weighted by Crippen LogP contribution is -2.53. The van der Waals surface area contributed by atoms with Crippen LogP contribution in [0.25, 0.3) is 0 Å². The summed E-state index contributed by atoms with van der Waals surface area (Å²) in [6.45, 7) is 1.23. The van der Waals surface area contributed by atoms with Crippen molar-refractivity contribution in [3.05, 3.63) is 64.2 Å². The van der Waals surface area contributed by atoms with E-state index in [1.807, 2.05) is 30.1 Å². The third kappa shape index (κ3) is 3.59. The number of rotatable bonds is 3. The highest BCUT2D eigenvalue weighted by atomic mass is 35.5. The summed E-state index contributed by atoms with van der Waals surface area (Å²) < 4.78 is 0. The molecule has 1 saturated heterocycles. The van der Waals surface area contributed by atoms with Gasteiger partial charge in [-0.1, -0.05) is 30.2 Å². The number of nitrogens with zero attached hydrogens (tertiary/aromatic N) is 2. The van der Waals surface area contributed by atoms with Crippen LogP contribution in [0.1, 0.15) is 52.0 Å². The van der Waals surface area contributed by atoms with E-state index in [-0.39, 0.29) is 18.0 Å². The first kappa shape index (κ1) is 18.8. The second-order valence-corrected chi connectivity index (χ2v) is 7.92. The van der Waals surface area contributed by atoms with E-state index in [1.165, 1.54) is 0 Å². The normalized spacial score (nSPS) is 18.9. The van der Waals surface area contributed by atoms with Crippen LogP contribution >= 0.6 is 11.6 Å². The largest absolute Gasteiger partial charge is 0.354 e. The topological polar surface area (TPSA) is 52.7 Å². The Morgan fingerprint density at radius 3 is 2.71 bits per heavy atom. The number of anilines is 1. The molecule has 6 heteroatoms. The molecule has 4 rings (SSSR count). The maximum Gasteiger partial charge on any atom is 0.257 e. The van der Waals surface area contributed by atoms with Crippen molar-refractivity contribution >= 4 is 29.1 Å². The molecule has 28 heavy (non-hydrogen) atoms. The number of hydrogen-bond donors (Lipinski definition) is 1. The molecular weight excluding hydrogens is 374 g/mol. The van der Waals surface area contributed by atoms with Gasteiger partial charge in [-0.3, -0.25) is 9.59 Å². The van der Waals surface area contributed by atoms with Gasteiger partial charge in [0.05, 0.1) is 11.3 Å². The van der Waals surface area contributed by atoms with Crippen LogP contribution in [-0.4, -0.2) is 36.5 Å². The van der Waals surface area contributed by atoms with Gasteiger partial charge < -0.3 is 15.1 Å². The van der Waals surface area contributed by atoms with Crippen LogP contribution in [0.5, 0.6) is 0 Å². The predicted octanol–water partition coefficient (Wildman–Crippen LogP) is 4.06. The average Bonchev–Trinajstić information content (AvgIpc) is 2.97. The Balaban J connectivity index is 1.54. The van der Waals surface area contributed by atoms with Gasteiger partial charge in [0.15, 0.2) is 0 Å². The van der Waals surface area contributed by atoms with Crippen LogP contribution in [-0.2, 0) is 6.54 Å². The van der Waals surface area contributed by atoms with E-state index in [4.69, 9.17) is 11.6 Å². The van der Waals surface area contributed by atoms with Crippen LogP contribution < -0.4 is 10.2 Å². The number of halogens is 1. The molecule has 0 spiro atoms. The standard InChI is InChI=1S/C22H24ClN3O2/c1-25-19-13-16(21(27)24-14-15-6-9-17(23)10-7-15)8-11-18(19)22(28)26-12-4-2-3-5-20(25)26/h6-11,13,20H,2-5,12,14H2,1H3,(H,24,27)/t20-/m0/s1. The van der Waals surface area contributed by atoms with Crippen LogP contribution in [0.15, 0.2) is 42.5 Å². The molecule has 0 radical (unpaired) electrons. The second-order valence-electron chi connectivity index (χ2n) is 7.48. The van der Waals surface area contributed by atoms with Crippen molar-refractivity contribution in [1.29, 1.82) is 0 Å². The molecule has 0 bridgehead atoms. The lowest BCUT2D eigenvalue weighted by Gasteiger charge is -2.43. The Hall–Kier alpha value is -2.53. The zero-order chi connectivity index (χ0) is 19.7. The first-order valence-electron chi connectivity index (χ1n) is 9.75. The molecule has 1 N–H and O–H groups in total. The Morgan fingerprint density at radius 2 is 1.93 bits per heavy atom. The quantitative estimate of drug-likeness (QED) is 0.849. The van der Waals surface area contributed by atoms with E-state index in [9.17, 15) is 9.59 Å². The van der Waals surface area contributed by atoms with Crippen molar-refractivity contribution < 1.29 is 9.59 Å². The number of carbonyl (C=O) groups is 2. The first-order valence-corrected chi connectivity index (χ1v) is 10.1. The maximum absolute atomic E-state index is 13.0. The minimum absolute atomic E-state index is 0.0770. The summed E-state index contributed by atoms with van der Waals surface area (Å²) in [5, 5.41) is 3.61. The zero-order valence-electron chi connectivity index (χ0n) is 16.0. The number of nitrogens with one attached hydrogen (secondary N) is 1. The van der Waals surface area contributed by atoms with E-state index in [0.717, 1.165) is 43.5 Å². The highest BCUT2D eigenvalue weighted by Crippen LogP contribution is 2.34. The second kappa shape index (κ2) is 7.84. The Bertz CT molecular complexity index is 897. The number of fused-ring (bicyclic) bond motifs is 2. The van der Waals surface area contributed by atoms with Crippen molar-refractivity contribution in [3.63, 3.8) is 0 Å². The third-order valence-electron chi connectivity index (χ3n) is 5.67. The molecule has 2 amide bonds. The SMILES string of the molecule is CN1c2cc(C(=O)NCc3ccc(Cl)cc3)ccc2C(=O)N2CCCCC[C@H]21. The summed E-state index contributed by atoms with van der Waals surface area (Å²) in [5.41, 5.74) is 3.06. The molecule has 2 aromatic carbocycles. The van der Waals surface area contributed by atoms with Gasteiger partial charge in [0.1, 0.15) is 6.17 Å². The molecular formula is C22H24ClN3O2. The van der Waals surface area contributed by atoms with Crippen molar-refractivity contribution in [2.75, 3.05) is 18.5 Å². The summed E-state index contributed by atoms with van der Waals surface area (Å²) in [4.78, 5) is 29.7. The molecule has 1 fully saturated rings. The Labute approximate surface area is 170 Å². The van der Waals surface area contributed by atoms with E-state index in [2.05, 4.69) is 10.2 Å². The number of hydrogen-bond acceptors (Lipinski definition) is 3. The summed E-state index contributed by atoms with van der Waals surface area (Å²) in [6, 6.07) is 12.8. The van der Waals surface area contributed by atoms with Gasteiger partial charge in [0.2, 0.25) is 0 Å². The monoisotopic (exact) mass is 397 g/mol. The number of amides is 2. The molecule has 2 heterocycles. The van der Waals surface area contributed by atoms with Gasteiger partial charge in [-0.2, -0.15) is 0 Å². The smallest absolute Gasteiger partial charge is 0.257 e. The first-order chi connectivity index (χ1) is 13.5. The van der Waals surface area contributed by atoms with Crippen molar-refractivity contribution in [1.82, 2.24) is 10.2 Å². The molecule has 1 atom stereocenters. The van der Waals surface area contributed by atoms with E-state index in [0.29, 0.717) is 22.7 Å². The van der Waals surface area contributed by atoms with Crippen molar-refractivity contribution in [2.24, 2.45) is 0 Å². The predicted molar refractivity (Wildman–Crippen MR) is 111 cm³/mol. The van der Waals surface area contributed by atoms with E-state index in [1.54, 1.807) is 24.3 Å². The summed E-state index contributed by atoms with van der Waals surface area (Å²) in [6.07, 6.45) is 4.37. The van der Waals surface area contributed by atoms with Gasteiger partial charge in [-0.05, 0) is 55.2 Å². The fourth-order valence-electron chi connectivity index (χ4n) is 4.08. The molecule has 2 aromatic rings. The number of benzene rings is 2. The molecule has 0 unspecified atom stereocenters. The molecule has 2 aliphatic rings. The molecule has 5 nitrogen and oxygen atoms in total. The Morgan fingerprint density at radius 1 is 1.14 bits per heavy atom. The lowest BCUT2D eigenvalue weighted by molar-refractivity contribution is 0.0661. The Kier molecular flexibility index (Phi) is 5.27. The van der Waals surface area contributed by atoms with E-state index < -0.39 is 0 Å². The average molecular weight is 398 g/mol. The lowest BCUT2D eigenvalue weighted by atomic mass is 10.0. The van der Waals surface area contributed by atoms with Gasteiger partial charge in [-0.25, -0.2) is 0 Å². The zero-order valence-corrected chi connectivity index (χ0v) is 16.7. The van der Waals surface area contributed by atoms with Crippen LogP contribution in [0.2, 0.25) is 5.02 Å². The summed E-state index contributed by atoms with van der Waals surface area (Å²) in [7, 11) is 2.02.